The van der Waals surface area contributed by atoms with Gasteiger partial charge >= 0.3 is 5.97 Å². The van der Waals surface area contributed by atoms with Crippen LogP contribution in [0.5, 0.6) is 11.5 Å². The summed E-state index contributed by atoms with van der Waals surface area (Å²) in [6.07, 6.45) is 1.42. The average molecular weight is 505 g/mol. The van der Waals surface area contributed by atoms with E-state index < -0.39 is 11.9 Å². The summed E-state index contributed by atoms with van der Waals surface area (Å²) in [6, 6.07) is 15.2. The van der Waals surface area contributed by atoms with Crippen molar-refractivity contribution >= 4 is 29.2 Å². The first kappa shape index (κ1) is 26.0. The molecule has 0 saturated carbocycles. The van der Waals surface area contributed by atoms with Crippen LogP contribution in [0.4, 0.5) is 5.69 Å². The Balaban J connectivity index is 2.20. The molecule has 1 aromatic heterocycles. The Morgan fingerprint density at radius 3 is 2.53 bits per heavy atom. The van der Waals surface area contributed by atoms with Crippen LogP contribution >= 0.6 is 11.6 Å². The summed E-state index contributed by atoms with van der Waals surface area (Å²) in [4.78, 5) is 30.2. The van der Waals surface area contributed by atoms with Gasteiger partial charge in [-0.05, 0) is 36.8 Å². The second-order valence-electron chi connectivity index (χ2n) is 7.55. The maximum absolute atomic E-state index is 13.9. The van der Waals surface area contributed by atoms with E-state index in [2.05, 4.69) is 4.98 Å². The fraction of sp³-hybridized carbons (Fsp3) is 0.192. The van der Waals surface area contributed by atoms with Crippen molar-refractivity contribution in [2.24, 2.45) is 0 Å². The van der Waals surface area contributed by atoms with E-state index in [1.807, 2.05) is 12.1 Å². The van der Waals surface area contributed by atoms with E-state index in [1.165, 1.54) is 36.4 Å². The van der Waals surface area contributed by atoms with E-state index in [4.69, 9.17) is 26.2 Å². The van der Waals surface area contributed by atoms with E-state index >= 15 is 0 Å². The van der Waals surface area contributed by atoms with Crippen LogP contribution < -0.4 is 14.4 Å². The number of hydrogen-bond donors (Lipinski definition) is 1. The number of nitriles is 2. The second-order valence-corrected chi connectivity index (χ2v) is 7.98. The third-order valence-corrected chi connectivity index (χ3v) is 5.47. The number of aromatic nitrogens is 1. The molecule has 3 aromatic rings. The van der Waals surface area contributed by atoms with Gasteiger partial charge in [0.2, 0.25) is 0 Å². The third kappa shape index (κ3) is 5.72. The van der Waals surface area contributed by atoms with Gasteiger partial charge in [0.15, 0.2) is 0 Å². The third-order valence-electron chi connectivity index (χ3n) is 5.25. The number of rotatable bonds is 9. The van der Waals surface area contributed by atoms with Gasteiger partial charge in [0.05, 0.1) is 36.6 Å². The summed E-state index contributed by atoms with van der Waals surface area (Å²) in [5, 5.41) is 28.1. The number of ether oxygens (including phenoxy) is 2. The van der Waals surface area contributed by atoms with Gasteiger partial charge in [-0.15, -0.1) is 0 Å². The normalized spacial score (nSPS) is 10.1. The van der Waals surface area contributed by atoms with Crippen molar-refractivity contribution in [3.05, 3.63) is 70.5 Å². The van der Waals surface area contributed by atoms with Crippen molar-refractivity contribution in [3.8, 4) is 34.8 Å². The van der Waals surface area contributed by atoms with Crippen molar-refractivity contribution in [2.45, 2.75) is 12.8 Å². The molecule has 2 aromatic carbocycles. The molecule has 0 aliphatic heterocycles. The molecular formula is C26H21ClN4O5. The molecule has 0 fully saturated rings. The summed E-state index contributed by atoms with van der Waals surface area (Å²) in [5.74, 6) is -0.888. The number of pyridine rings is 1. The van der Waals surface area contributed by atoms with Gasteiger partial charge in [0, 0.05) is 35.8 Å². The highest BCUT2D eigenvalue weighted by atomic mass is 35.5. The minimum Gasteiger partial charge on any atom is -0.495 e. The van der Waals surface area contributed by atoms with Gasteiger partial charge in [-0.1, -0.05) is 23.7 Å². The molecule has 0 radical (unpaired) electrons. The van der Waals surface area contributed by atoms with Crippen LogP contribution in [0.25, 0.3) is 11.1 Å². The average Bonchev–Trinajstić information content (AvgIpc) is 2.89. The molecule has 0 aliphatic rings. The number of carbonyl (C=O) groups is 2. The fourth-order valence-electron chi connectivity index (χ4n) is 3.54. The quantitative estimate of drug-likeness (QED) is 0.415. The topological polar surface area (TPSA) is 137 Å². The molecule has 1 amide bonds. The number of halogens is 1. The molecule has 9 nitrogen and oxygen atoms in total. The number of benzene rings is 2. The number of hydrogen-bond acceptors (Lipinski definition) is 7. The molecule has 182 valence electrons. The summed E-state index contributed by atoms with van der Waals surface area (Å²) in [6.45, 7) is 0.0153. The first-order valence-electron chi connectivity index (χ1n) is 10.7. The molecule has 3 rings (SSSR count). The molecule has 10 heteroatoms. The molecule has 36 heavy (non-hydrogen) atoms. The lowest BCUT2D eigenvalue weighted by molar-refractivity contribution is -0.137. The van der Waals surface area contributed by atoms with Gasteiger partial charge in [-0.3, -0.25) is 9.59 Å². The summed E-state index contributed by atoms with van der Waals surface area (Å²) in [7, 11) is 3.05. The van der Waals surface area contributed by atoms with Gasteiger partial charge in [-0.25, -0.2) is 4.98 Å². The van der Waals surface area contributed by atoms with Crippen LogP contribution in [0.2, 0.25) is 5.02 Å². The summed E-state index contributed by atoms with van der Waals surface area (Å²) in [5.41, 5.74) is 1.30. The SMILES string of the molecule is COc1ccccc1N(C)C(=O)c1c(OCCCC(=O)O)cc(Cl)cc1-c1cnc(C#N)cc1C#N. The Bertz CT molecular complexity index is 1390. The largest absolute Gasteiger partial charge is 0.495 e. The highest BCUT2D eigenvalue weighted by Gasteiger charge is 2.27. The number of carbonyl (C=O) groups excluding carboxylic acids is 1. The first-order chi connectivity index (χ1) is 17.3. The van der Waals surface area contributed by atoms with E-state index in [1.54, 1.807) is 31.3 Å². The van der Waals surface area contributed by atoms with Crippen LogP contribution in [-0.2, 0) is 4.79 Å². The van der Waals surface area contributed by atoms with Crippen LogP contribution in [0.3, 0.4) is 0 Å². The van der Waals surface area contributed by atoms with Crippen LogP contribution in [-0.4, -0.2) is 42.7 Å². The maximum atomic E-state index is 13.9. The molecular weight excluding hydrogens is 484 g/mol. The highest BCUT2D eigenvalue weighted by molar-refractivity contribution is 6.31. The fourth-order valence-corrected chi connectivity index (χ4v) is 3.75. The number of methoxy groups -OCH3 is 1. The monoisotopic (exact) mass is 504 g/mol. The minimum absolute atomic E-state index is 0.0153. The predicted octanol–water partition coefficient (Wildman–Crippen LogP) is 4.67. The number of carboxylic acid groups (broad SMARTS) is 1. The van der Waals surface area contributed by atoms with Crippen LogP contribution in [0, 0.1) is 22.7 Å². The zero-order valence-electron chi connectivity index (χ0n) is 19.5. The smallest absolute Gasteiger partial charge is 0.303 e. The molecule has 0 aliphatic carbocycles. The van der Waals surface area contributed by atoms with Gasteiger partial charge < -0.3 is 19.5 Å². The number of carboxylic acids is 1. The Morgan fingerprint density at radius 2 is 1.86 bits per heavy atom. The lowest BCUT2D eigenvalue weighted by Gasteiger charge is -2.23. The van der Waals surface area contributed by atoms with Crippen LogP contribution in [0.1, 0.15) is 34.5 Å². The summed E-state index contributed by atoms with van der Waals surface area (Å²) >= 11 is 6.36. The number of para-hydroxylation sites is 2. The van der Waals surface area contributed by atoms with Crippen molar-refractivity contribution in [2.75, 3.05) is 25.7 Å². The second kappa shape index (κ2) is 11.7. The Morgan fingerprint density at radius 1 is 1.11 bits per heavy atom. The maximum Gasteiger partial charge on any atom is 0.303 e. The Kier molecular flexibility index (Phi) is 8.45. The van der Waals surface area contributed by atoms with Crippen molar-refractivity contribution in [1.29, 1.82) is 10.5 Å². The van der Waals surface area contributed by atoms with E-state index in [0.717, 1.165) is 0 Å². The standard InChI is InChI=1S/C26H21ClN4O5/c1-31(21-6-3-4-7-22(21)35-2)26(34)25-19(20-15-30-18(14-29)10-16(20)13-28)11-17(27)12-23(25)36-9-5-8-24(32)33/h3-4,6-7,10-12,15H,5,8-9H2,1-2H3,(H,32,33). The van der Waals surface area contributed by atoms with Crippen molar-refractivity contribution in [1.82, 2.24) is 4.98 Å². The number of nitrogens with zero attached hydrogens (tertiary/aromatic N) is 4. The Hall–Kier alpha value is -4.60. The van der Waals surface area contributed by atoms with Crippen LogP contribution in [0.15, 0.2) is 48.7 Å². The molecule has 1 N–H and O–H groups in total. The summed E-state index contributed by atoms with van der Waals surface area (Å²) < 4.78 is 11.2. The number of anilines is 1. The highest BCUT2D eigenvalue weighted by Crippen LogP contribution is 2.38. The first-order valence-corrected chi connectivity index (χ1v) is 11.1. The molecule has 0 spiro atoms. The molecule has 0 saturated heterocycles. The van der Waals surface area contributed by atoms with Gasteiger partial charge in [-0.2, -0.15) is 10.5 Å². The van der Waals surface area contributed by atoms with Crippen molar-refractivity contribution in [3.63, 3.8) is 0 Å². The zero-order chi connectivity index (χ0) is 26.2. The molecule has 0 unspecified atom stereocenters. The minimum atomic E-state index is -0.972. The lowest BCUT2D eigenvalue weighted by Crippen LogP contribution is -2.28. The van der Waals surface area contributed by atoms with Crippen molar-refractivity contribution < 1.29 is 24.2 Å². The predicted molar refractivity (Wildman–Crippen MR) is 132 cm³/mol. The molecule has 1 heterocycles. The van der Waals surface area contributed by atoms with E-state index in [0.29, 0.717) is 11.4 Å². The number of aliphatic carboxylic acids is 1. The Labute approximate surface area is 212 Å². The van der Waals surface area contributed by atoms with Gasteiger partial charge in [0.25, 0.3) is 5.91 Å². The number of amides is 1. The molecule has 0 bridgehead atoms. The lowest BCUT2D eigenvalue weighted by atomic mass is 9.95. The van der Waals surface area contributed by atoms with E-state index in [-0.39, 0.29) is 58.2 Å². The molecule has 0 atom stereocenters. The van der Waals surface area contributed by atoms with Gasteiger partial charge in [0.1, 0.15) is 23.3 Å². The zero-order valence-corrected chi connectivity index (χ0v) is 20.2. The van der Waals surface area contributed by atoms with E-state index in [9.17, 15) is 20.1 Å².